The standard InChI is InChI=1S/C18H26N4O2/c1-13-7-8-15(12-16(13)22-11-9-19-17(22)23)20-18(24)21-10-5-3-4-6-14(21)2/h7-8,12,14H,3-6,9-11H2,1-2H3,(H,19,23)(H,20,24). The summed E-state index contributed by atoms with van der Waals surface area (Å²) in [4.78, 5) is 28.2. The maximum atomic E-state index is 12.6. The Balaban J connectivity index is 1.75. The molecule has 0 aliphatic carbocycles. The van der Waals surface area contributed by atoms with Gasteiger partial charge in [0, 0.05) is 31.4 Å². The number of anilines is 2. The molecule has 0 radical (unpaired) electrons. The molecule has 2 saturated heterocycles. The molecular weight excluding hydrogens is 304 g/mol. The molecule has 24 heavy (non-hydrogen) atoms. The van der Waals surface area contributed by atoms with Crippen LogP contribution in [0.1, 0.15) is 38.2 Å². The van der Waals surface area contributed by atoms with E-state index in [0.29, 0.717) is 13.1 Å². The lowest BCUT2D eigenvalue weighted by molar-refractivity contribution is 0.194. The predicted octanol–water partition coefficient (Wildman–Crippen LogP) is 3.32. The number of benzene rings is 1. The average molecular weight is 330 g/mol. The van der Waals surface area contributed by atoms with Crippen LogP contribution in [0.25, 0.3) is 0 Å². The Morgan fingerprint density at radius 3 is 2.83 bits per heavy atom. The Bertz CT molecular complexity index is 631. The lowest BCUT2D eigenvalue weighted by atomic mass is 10.1. The second kappa shape index (κ2) is 7.11. The van der Waals surface area contributed by atoms with Crippen LogP contribution in [0, 0.1) is 6.92 Å². The van der Waals surface area contributed by atoms with Crippen LogP contribution in [-0.4, -0.2) is 42.6 Å². The number of amides is 4. The van der Waals surface area contributed by atoms with Gasteiger partial charge in [0.1, 0.15) is 0 Å². The third-order valence-corrected chi connectivity index (χ3v) is 4.92. The normalized spacial score (nSPS) is 21.4. The fourth-order valence-corrected chi connectivity index (χ4v) is 3.45. The first-order valence-electron chi connectivity index (χ1n) is 8.80. The first kappa shape index (κ1) is 16.6. The number of nitrogens with one attached hydrogen (secondary N) is 2. The van der Waals surface area contributed by atoms with Gasteiger partial charge >= 0.3 is 12.1 Å². The van der Waals surface area contributed by atoms with Crippen LogP contribution in [0.3, 0.4) is 0 Å². The van der Waals surface area contributed by atoms with E-state index in [1.807, 2.05) is 30.0 Å². The van der Waals surface area contributed by atoms with E-state index in [2.05, 4.69) is 17.6 Å². The highest BCUT2D eigenvalue weighted by Gasteiger charge is 2.24. The summed E-state index contributed by atoms with van der Waals surface area (Å²) in [6.07, 6.45) is 4.49. The fraction of sp³-hybridized carbons (Fsp3) is 0.556. The van der Waals surface area contributed by atoms with Crippen molar-refractivity contribution in [3.63, 3.8) is 0 Å². The van der Waals surface area contributed by atoms with Gasteiger partial charge in [0.05, 0.1) is 5.69 Å². The van der Waals surface area contributed by atoms with Gasteiger partial charge in [-0.15, -0.1) is 0 Å². The number of hydrogen-bond donors (Lipinski definition) is 2. The first-order chi connectivity index (χ1) is 11.6. The molecule has 130 valence electrons. The van der Waals surface area contributed by atoms with E-state index in [9.17, 15) is 9.59 Å². The SMILES string of the molecule is Cc1ccc(NC(=O)N2CCCCCC2C)cc1N1CCNC1=O. The van der Waals surface area contributed by atoms with Crippen LogP contribution < -0.4 is 15.5 Å². The summed E-state index contributed by atoms with van der Waals surface area (Å²) < 4.78 is 0. The highest BCUT2D eigenvalue weighted by Crippen LogP contribution is 2.26. The van der Waals surface area contributed by atoms with Crippen LogP contribution >= 0.6 is 0 Å². The molecule has 2 N–H and O–H groups in total. The summed E-state index contributed by atoms with van der Waals surface area (Å²) in [6, 6.07) is 5.87. The molecule has 3 rings (SSSR count). The molecule has 0 aromatic heterocycles. The van der Waals surface area contributed by atoms with Gasteiger partial charge in [0.15, 0.2) is 0 Å². The lowest BCUT2D eigenvalue weighted by Gasteiger charge is -2.27. The molecule has 2 fully saturated rings. The van der Waals surface area contributed by atoms with Crippen molar-refractivity contribution in [2.75, 3.05) is 29.9 Å². The Morgan fingerprint density at radius 1 is 1.25 bits per heavy atom. The number of rotatable bonds is 2. The van der Waals surface area contributed by atoms with Crippen molar-refractivity contribution in [2.24, 2.45) is 0 Å². The highest BCUT2D eigenvalue weighted by atomic mass is 16.2. The van der Waals surface area contributed by atoms with E-state index in [1.54, 1.807) is 4.90 Å². The molecular formula is C18H26N4O2. The minimum Gasteiger partial charge on any atom is -0.336 e. The number of nitrogens with zero attached hydrogens (tertiary/aromatic N) is 2. The van der Waals surface area contributed by atoms with E-state index in [4.69, 9.17) is 0 Å². The van der Waals surface area contributed by atoms with Gasteiger partial charge in [0.25, 0.3) is 0 Å². The zero-order chi connectivity index (χ0) is 17.1. The van der Waals surface area contributed by atoms with Crippen molar-refractivity contribution < 1.29 is 9.59 Å². The van der Waals surface area contributed by atoms with Gasteiger partial charge < -0.3 is 15.5 Å². The molecule has 6 heteroatoms. The van der Waals surface area contributed by atoms with Crippen LogP contribution in [-0.2, 0) is 0 Å². The Kier molecular flexibility index (Phi) is 4.92. The van der Waals surface area contributed by atoms with E-state index in [0.717, 1.165) is 36.3 Å². The minimum atomic E-state index is -0.0808. The second-order valence-corrected chi connectivity index (χ2v) is 6.71. The largest absolute Gasteiger partial charge is 0.336 e. The summed E-state index contributed by atoms with van der Waals surface area (Å²) in [5.41, 5.74) is 2.61. The summed E-state index contributed by atoms with van der Waals surface area (Å²) in [5.74, 6) is 0. The molecule has 1 atom stereocenters. The zero-order valence-electron chi connectivity index (χ0n) is 14.5. The highest BCUT2D eigenvalue weighted by molar-refractivity contribution is 5.96. The van der Waals surface area contributed by atoms with Crippen molar-refractivity contribution in [3.8, 4) is 0 Å². The lowest BCUT2D eigenvalue weighted by Crippen LogP contribution is -2.41. The average Bonchev–Trinajstić information content (AvgIpc) is 2.85. The number of aryl methyl sites for hydroxylation is 1. The molecule has 6 nitrogen and oxygen atoms in total. The van der Waals surface area contributed by atoms with Crippen molar-refractivity contribution in [1.82, 2.24) is 10.2 Å². The number of carbonyl (C=O) groups excluding carboxylic acids is 2. The Hall–Kier alpha value is -2.24. The molecule has 1 unspecified atom stereocenters. The van der Waals surface area contributed by atoms with Crippen LogP contribution in [0.4, 0.5) is 21.0 Å². The van der Waals surface area contributed by atoms with E-state index in [-0.39, 0.29) is 18.1 Å². The molecule has 1 aromatic rings. The maximum absolute atomic E-state index is 12.6. The molecule has 0 bridgehead atoms. The zero-order valence-corrected chi connectivity index (χ0v) is 14.5. The monoisotopic (exact) mass is 330 g/mol. The number of urea groups is 2. The fourth-order valence-electron chi connectivity index (χ4n) is 3.45. The molecule has 2 aliphatic heterocycles. The number of likely N-dealkylation sites (tertiary alicyclic amines) is 1. The number of hydrogen-bond acceptors (Lipinski definition) is 2. The number of carbonyl (C=O) groups is 2. The summed E-state index contributed by atoms with van der Waals surface area (Å²) in [6.45, 7) is 6.20. The minimum absolute atomic E-state index is 0.0509. The van der Waals surface area contributed by atoms with Gasteiger partial charge in [-0.25, -0.2) is 9.59 Å². The second-order valence-electron chi connectivity index (χ2n) is 6.71. The quantitative estimate of drug-likeness (QED) is 0.873. The van der Waals surface area contributed by atoms with Crippen molar-refractivity contribution in [2.45, 2.75) is 45.6 Å². The summed E-state index contributed by atoms with van der Waals surface area (Å²) in [7, 11) is 0. The first-order valence-corrected chi connectivity index (χ1v) is 8.80. The smallest absolute Gasteiger partial charge is 0.322 e. The summed E-state index contributed by atoms with van der Waals surface area (Å²) in [5, 5.41) is 5.82. The third-order valence-electron chi connectivity index (χ3n) is 4.92. The van der Waals surface area contributed by atoms with Gasteiger partial charge in [-0.1, -0.05) is 18.9 Å². The molecule has 2 heterocycles. The van der Waals surface area contributed by atoms with Crippen molar-refractivity contribution in [3.05, 3.63) is 23.8 Å². The molecule has 2 aliphatic rings. The molecule has 0 spiro atoms. The topological polar surface area (TPSA) is 64.7 Å². The van der Waals surface area contributed by atoms with Crippen molar-refractivity contribution >= 4 is 23.4 Å². The predicted molar refractivity (Wildman–Crippen MR) is 95.6 cm³/mol. The van der Waals surface area contributed by atoms with E-state index in [1.165, 1.54) is 12.8 Å². The van der Waals surface area contributed by atoms with Gasteiger partial charge in [-0.2, -0.15) is 0 Å². The van der Waals surface area contributed by atoms with Crippen molar-refractivity contribution in [1.29, 1.82) is 0 Å². The molecule has 4 amide bonds. The van der Waals surface area contributed by atoms with Crippen LogP contribution in [0.2, 0.25) is 0 Å². The Labute approximate surface area is 143 Å². The molecule has 0 saturated carbocycles. The Morgan fingerprint density at radius 2 is 2.08 bits per heavy atom. The maximum Gasteiger partial charge on any atom is 0.322 e. The summed E-state index contributed by atoms with van der Waals surface area (Å²) >= 11 is 0. The molecule has 1 aromatic carbocycles. The van der Waals surface area contributed by atoms with Gasteiger partial charge in [-0.3, -0.25) is 4.90 Å². The van der Waals surface area contributed by atoms with Gasteiger partial charge in [0.2, 0.25) is 0 Å². The van der Waals surface area contributed by atoms with Gasteiger partial charge in [-0.05, 0) is 44.4 Å². The third kappa shape index (κ3) is 3.47. The van der Waals surface area contributed by atoms with Crippen LogP contribution in [0.15, 0.2) is 18.2 Å². The van der Waals surface area contributed by atoms with E-state index < -0.39 is 0 Å². The van der Waals surface area contributed by atoms with Crippen LogP contribution in [0.5, 0.6) is 0 Å². The van der Waals surface area contributed by atoms with E-state index >= 15 is 0 Å².